The zero-order chi connectivity index (χ0) is 17.3. The molecule has 0 unspecified atom stereocenters. The number of benzene rings is 2. The van der Waals surface area contributed by atoms with Gasteiger partial charge in [-0.2, -0.15) is 13.2 Å². The van der Waals surface area contributed by atoms with Crippen LogP contribution >= 0.6 is 0 Å². The lowest BCUT2D eigenvalue weighted by Gasteiger charge is -2.14. The summed E-state index contributed by atoms with van der Waals surface area (Å²) in [5, 5.41) is 2.44. The average molecular weight is 339 g/mol. The van der Waals surface area contributed by atoms with Crippen molar-refractivity contribution < 1.29 is 27.1 Å². The molecule has 126 valence electrons. The number of carbonyl (C=O) groups excluding carboxylic acids is 1. The van der Waals surface area contributed by atoms with E-state index >= 15 is 0 Å². The third kappa shape index (κ3) is 3.34. The van der Waals surface area contributed by atoms with Crippen LogP contribution in [0.15, 0.2) is 36.4 Å². The van der Waals surface area contributed by atoms with E-state index in [1.165, 1.54) is 0 Å². The molecule has 0 radical (unpaired) electrons. The Balaban J connectivity index is 1.75. The molecule has 1 aliphatic heterocycles. The molecule has 1 N–H and O–H groups in total. The molecule has 0 spiro atoms. The van der Waals surface area contributed by atoms with Crippen molar-refractivity contribution in [2.24, 2.45) is 0 Å². The largest absolute Gasteiger partial charge is 0.493 e. The highest BCUT2D eigenvalue weighted by molar-refractivity contribution is 5.94. The highest BCUT2D eigenvalue weighted by Gasteiger charge is 2.33. The maximum absolute atomic E-state index is 13.1. The average Bonchev–Trinajstić information content (AvgIpc) is 3.00. The normalized spacial score (nSPS) is 13.3. The third-order valence-corrected chi connectivity index (χ3v) is 3.77. The van der Waals surface area contributed by atoms with Crippen molar-refractivity contribution in [3.63, 3.8) is 0 Å². The fourth-order valence-electron chi connectivity index (χ4n) is 2.57. The minimum absolute atomic E-state index is 0.193. The van der Waals surface area contributed by atoms with Crippen LogP contribution in [0.1, 0.15) is 27.0 Å². The van der Waals surface area contributed by atoms with Gasteiger partial charge in [0.15, 0.2) is 0 Å². The van der Waals surface area contributed by atoms with E-state index < -0.39 is 23.5 Å². The van der Waals surface area contributed by atoms with Crippen molar-refractivity contribution in [1.29, 1.82) is 0 Å². The van der Waals surface area contributed by atoms with E-state index in [1.807, 2.05) is 0 Å². The van der Waals surface area contributed by atoms with E-state index in [0.29, 0.717) is 30.4 Å². The van der Waals surface area contributed by atoms with Crippen LogP contribution in [0.5, 0.6) is 5.75 Å². The Morgan fingerprint density at radius 2 is 1.96 bits per heavy atom. The Labute approximate surface area is 135 Å². The first-order valence-electron chi connectivity index (χ1n) is 7.24. The number of hydrogen-bond acceptors (Lipinski definition) is 2. The number of carbonyl (C=O) groups is 1. The quantitative estimate of drug-likeness (QED) is 0.866. The highest BCUT2D eigenvalue weighted by atomic mass is 19.4. The van der Waals surface area contributed by atoms with Crippen LogP contribution in [-0.4, -0.2) is 12.5 Å². The van der Waals surface area contributed by atoms with Crippen molar-refractivity contribution in [3.05, 3.63) is 64.5 Å². The zero-order valence-electron chi connectivity index (χ0n) is 12.4. The molecule has 2 aromatic carbocycles. The van der Waals surface area contributed by atoms with E-state index in [4.69, 9.17) is 4.74 Å². The Kier molecular flexibility index (Phi) is 4.17. The number of hydrogen-bond donors (Lipinski definition) is 1. The van der Waals surface area contributed by atoms with Crippen molar-refractivity contribution in [3.8, 4) is 5.75 Å². The summed E-state index contributed by atoms with van der Waals surface area (Å²) in [5.41, 5.74) is -0.0535. The summed E-state index contributed by atoms with van der Waals surface area (Å²) in [4.78, 5) is 12.1. The summed E-state index contributed by atoms with van der Waals surface area (Å²) < 4.78 is 57.2. The van der Waals surface area contributed by atoms with Gasteiger partial charge in [0.05, 0.1) is 12.2 Å². The molecule has 1 heterocycles. The monoisotopic (exact) mass is 339 g/mol. The van der Waals surface area contributed by atoms with E-state index in [2.05, 4.69) is 5.32 Å². The molecule has 3 nitrogen and oxygen atoms in total. The smallest absolute Gasteiger partial charge is 0.416 e. The maximum atomic E-state index is 13.1. The molecule has 0 aromatic heterocycles. The molecule has 0 bridgehead atoms. The minimum Gasteiger partial charge on any atom is -0.493 e. The first-order valence-corrected chi connectivity index (χ1v) is 7.24. The first kappa shape index (κ1) is 16.3. The Morgan fingerprint density at radius 3 is 2.71 bits per heavy atom. The van der Waals surface area contributed by atoms with Crippen molar-refractivity contribution in [1.82, 2.24) is 5.32 Å². The number of fused-ring (bicyclic) bond motifs is 1. The summed E-state index contributed by atoms with van der Waals surface area (Å²) in [6.07, 6.45) is -4.00. The van der Waals surface area contributed by atoms with Gasteiger partial charge in [0.1, 0.15) is 11.6 Å². The molecule has 1 amide bonds. The molecule has 2 aromatic rings. The van der Waals surface area contributed by atoms with E-state index in [1.54, 1.807) is 18.2 Å². The summed E-state index contributed by atoms with van der Waals surface area (Å²) in [6.45, 7) is 0.201. The van der Waals surface area contributed by atoms with Crippen molar-refractivity contribution >= 4 is 5.91 Å². The third-order valence-electron chi connectivity index (χ3n) is 3.77. The van der Waals surface area contributed by atoms with Gasteiger partial charge in [-0.1, -0.05) is 6.07 Å². The molecule has 7 heteroatoms. The summed E-state index contributed by atoms with van der Waals surface area (Å²) in [7, 11) is 0. The van der Waals surface area contributed by atoms with Crippen LogP contribution in [-0.2, 0) is 19.1 Å². The van der Waals surface area contributed by atoms with Crippen LogP contribution in [0, 0.1) is 5.82 Å². The predicted octanol–water partition coefficient (Wildman–Crippen LogP) is 3.71. The lowest BCUT2D eigenvalue weighted by atomic mass is 10.1. The number of halogens is 4. The van der Waals surface area contributed by atoms with Gasteiger partial charge in [0.25, 0.3) is 5.91 Å². The van der Waals surface area contributed by atoms with E-state index in [0.717, 1.165) is 17.7 Å². The highest BCUT2D eigenvalue weighted by Crippen LogP contribution is 2.32. The van der Waals surface area contributed by atoms with Gasteiger partial charge in [-0.25, -0.2) is 4.39 Å². The molecular formula is C17H13F4NO2. The van der Waals surface area contributed by atoms with Crippen molar-refractivity contribution in [2.75, 3.05) is 6.61 Å². The fraction of sp³-hybridized carbons (Fsp3) is 0.235. The van der Waals surface area contributed by atoms with Crippen molar-refractivity contribution in [2.45, 2.75) is 19.1 Å². The Morgan fingerprint density at radius 1 is 1.17 bits per heavy atom. The number of alkyl halides is 3. The summed E-state index contributed by atoms with van der Waals surface area (Å²) in [5.74, 6) is -0.761. The van der Waals surface area contributed by atoms with Crippen LogP contribution in [0.4, 0.5) is 17.6 Å². The first-order chi connectivity index (χ1) is 11.3. The molecule has 0 saturated heterocycles. The number of rotatable bonds is 3. The summed E-state index contributed by atoms with van der Waals surface area (Å²) >= 11 is 0. The number of amides is 1. The molecule has 1 aliphatic rings. The lowest BCUT2D eigenvalue weighted by molar-refractivity contribution is -0.138. The molecule has 0 saturated carbocycles. The van der Waals surface area contributed by atoms with Gasteiger partial charge in [-0.15, -0.1) is 0 Å². The van der Waals surface area contributed by atoms with Crippen LogP contribution in [0.3, 0.4) is 0 Å². The molecular weight excluding hydrogens is 326 g/mol. The number of ether oxygens (including phenoxy) is 1. The SMILES string of the molecule is O=C(NCc1ccc(F)cc1C(F)(F)F)c1ccc2c(c1)CCO2. The van der Waals surface area contributed by atoms with Crippen LogP contribution in [0.2, 0.25) is 0 Å². The molecule has 0 aliphatic carbocycles. The second-order valence-corrected chi connectivity index (χ2v) is 5.40. The second kappa shape index (κ2) is 6.14. The maximum Gasteiger partial charge on any atom is 0.416 e. The standard InChI is InChI=1S/C17H13F4NO2/c18-13-3-1-12(14(8-13)17(19,20)21)9-22-16(23)11-2-4-15-10(7-11)5-6-24-15/h1-4,7-8H,5-6,9H2,(H,22,23). The fourth-order valence-corrected chi connectivity index (χ4v) is 2.57. The zero-order valence-corrected chi connectivity index (χ0v) is 12.4. The Bertz CT molecular complexity index is 787. The molecule has 24 heavy (non-hydrogen) atoms. The van der Waals surface area contributed by atoms with Gasteiger partial charge in [-0.3, -0.25) is 4.79 Å². The summed E-state index contributed by atoms with van der Waals surface area (Å²) in [6, 6.07) is 7.25. The molecule has 0 atom stereocenters. The Hall–Kier alpha value is -2.57. The van der Waals surface area contributed by atoms with E-state index in [-0.39, 0.29) is 12.1 Å². The van der Waals surface area contributed by atoms with Gasteiger partial charge in [0, 0.05) is 18.5 Å². The van der Waals surface area contributed by atoms with Crippen LogP contribution in [0.25, 0.3) is 0 Å². The van der Waals surface area contributed by atoms with Gasteiger partial charge < -0.3 is 10.1 Å². The van der Waals surface area contributed by atoms with Gasteiger partial charge >= 0.3 is 6.18 Å². The van der Waals surface area contributed by atoms with E-state index in [9.17, 15) is 22.4 Å². The number of nitrogens with one attached hydrogen (secondary N) is 1. The predicted molar refractivity (Wildman–Crippen MR) is 78.2 cm³/mol. The van der Waals surface area contributed by atoms with Gasteiger partial charge in [0.2, 0.25) is 0 Å². The molecule has 3 rings (SSSR count). The van der Waals surface area contributed by atoms with Crippen LogP contribution < -0.4 is 10.1 Å². The topological polar surface area (TPSA) is 38.3 Å². The van der Waals surface area contributed by atoms with Gasteiger partial charge in [-0.05, 0) is 41.5 Å². The minimum atomic E-state index is -4.69. The lowest BCUT2D eigenvalue weighted by Crippen LogP contribution is -2.24. The second-order valence-electron chi connectivity index (χ2n) is 5.40. The molecule has 0 fully saturated rings.